The molecule has 2 aromatic rings. The third-order valence-electron chi connectivity index (χ3n) is 4.51. The van der Waals surface area contributed by atoms with E-state index in [9.17, 15) is 4.79 Å². The van der Waals surface area contributed by atoms with Crippen molar-refractivity contribution in [2.75, 3.05) is 0 Å². The van der Waals surface area contributed by atoms with Gasteiger partial charge in [-0.3, -0.25) is 4.79 Å². The van der Waals surface area contributed by atoms with Gasteiger partial charge in [0.1, 0.15) is 0 Å². The molecule has 1 aliphatic carbocycles. The van der Waals surface area contributed by atoms with Gasteiger partial charge in [0.05, 0.1) is 23.6 Å². The third-order valence-corrected chi connectivity index (χ3v) is 4.51. The second-order valence-corrected chi connectivity index (χ2v) is 6.99. The number of rotatable bonds is 6. The second kappa shape index (κ2) is 8.68. The van der Waals surface area contributed by atoms with Crippen LogP contribution in [-0.2, 0) is 6.54 Å². The van der Waals surface area contributed by atoms with Crippen molar-refractivity contribution in [3.8, 4) is 0 Å². The molecule has 0 atom stereocenters. The molecule has 1 aliphatic rings. The Kier molecular flexibility index (Phi) is 6.08. The highest BCUT2D eigenvalue weighted by molar-refractivity contribution is 5.93. The number of benzene rings is 1. The average Bonchev–Trinajstić information content (AvgIpc) is 3.04. The lowest BCUT2D eigenvalue weighted by Crippen LogP contribution is -2.34. The second-order valence-electron chi connectivity index (χ2n) is 6.99. The number of hydrogen-bond donors (Lipinski definition) is 2. The zero-order chi connectivity index (χ0) is 19.2. The molecule has 3 rings (SSSR count). The van der Waals surface area contributed by atoms with E-state index >= 15 is 0 Å². The Hall–Kier alpha value is -2.86. The van der Waals surface area contributed by atoms with Gasteiger partial charge in [-0.15, -0.1) is 0 Å². The summed E-state index contributed by atoms with van der Waals surface area (Å²) in [6.07, 6.45) is 6.69. The zero-order valence-corrected chi connectivity index (χ0v) is 15.8. The topological polar surface area (TPSA) is 84.4 Å². The van der Waals surface area contributed by atoms with Crippen LogP contribution < -0.4 is 11.2 Å². The quantitative estimate of drug-likeness (QED) is 0.599. The van der Waals surface area contributed by atoms with Crippen LogP contribution in [0.15, 0.2) is 64.5 Å². The summed E-state index contributed by atoms with van der Waals surface area (Å²) < 4.78 is 5.20. The first-order chi connectivity index (χ1) is 13.0. The van der Waals surface area contributed by atoms with E-state index in [0.717, 1.165) is 36.2 Å². The van der Waals surface area contributed by atoms with Gasteiger partial charge in [0.15, 0.2) is 0 Å². The van der Waals surface area contributed by atoms with E-state index in [-0.39, 0.29) is 17.6 Å². The van der Waals surface area contributed by atoms with Gasteiger partial charge in [0.25, 0.3) is 5.91 Å². The fraction of sp³-hybridized carbons (Fsp3) is 0.333. The molecule has 6 heteroatoms. The Bertz CT molecular complexity index is 837. The summed E-state index contributed by atoms with van der Waals surface area (Å²) in [5.41, 5.74) is 3.49. The molecule has 0 unspecified atom stereocenters. The summed E-state index contributed by atoms with van der Waals surface area (Å²) in [7, 11) is 0. The Morgan fingerprint density at radius 3 is 2.81 bits per heavy atom. The van der Waals surface area contributed by atoms with Crippen LogP contribution in [0.3, 0.4) is 0 Å². The van der Waals surface area contributed by atoms with Crippen molar-refractivity contribution in [1.29, 1.82) is 0 Å². The van der Waals surface area contributed by atoms with Crippen LogP contribution in [0.4, 0.5) is 0 Å². The van der Waals surface area contributed by atoms with Crippen molar-refractivity contribution in [2.24, 2.45) is 5.84 Å². The minimum Gasteiger partial charge on any atom is -0.351 e. The molecule has 0 spiro atoms. The van der Waals surface area contributed by atoms with E-state index in [1.165, 1.54) is 0 Å². The zero-order valence-electron chi connectivity index (χ0n) is 15.8. The molecule has 3 N–H and O–H groups in total. The fourth-order valence-electron chi connectivity index (χ4n) is 2.96. The maximum atomic E-state index is 12.6. The third kappa shape index (κ3) is 4.86. The summed E-state index contributed by atoms with van der Waals surface area (Å²) >= 11 is 0. The van der Waals surface area contributed by atoms with Crippen molar-refractivity contribution in [3.05, 3.63) is 77.0 Å². The van der Waals surface area contributed by atoms with E-state index in [0.29, 0.717) is 12.2 Å². The first kappa shape index (κ1) is 18.9. The Labute approximate surface area is 159 Å². The van der Waals surface area contributed by atoms with Gasteiger partial charge < -0.3 is 14.8 Å². The van der Waals surface area contributed by atoms with Crippen molar-refractivity contribution >= 4 is 5.91 Å². The number of hydrogen-bond acceptors (Lipinski definition) is 5. The summed E-state index contributed by atoms with van der Waals surface area (Å²) in [6, 6.07) is 11.7. The molecule has 1 amide bonds. The van der Waals surface area contributed by atoms with E-state index in [2.05, 4.69) is 16.5 Å². The number of amides is 1. The van der Waals surface area contributed by atoms with Crippen molar-refractivity contribution in [3.63, 3.8) is 0 Å². The SMILES string of the molecule is CC(C)c1cc(C(=O)NC2=C(N(N)Cc3ccccc3)CCCC=C2)on1. The largest absolute Gasteiger partial charge is 0.351 e. The predicted molar refractivity (Wildman–Crippen MR) is 104 cm³/mol. The molecule has 6 nitrogen and oxygen atoms in total. The molecule has 0 radical (unpaired) electrons. The van der Waals surface area contributed by atoms with Crippen molar-refractivity contribution < 1.29 is 9.32 Å². The van der Waals surface area contributed by atoms with Gasteiger partial charge in [-0.1, -0.05) is 55.4 Å². The molecular weight excluding hydrogens is 340 g/mol. The molecular formula is C21H26N4O2. The summed E-state index contributed by atoms with van der Waals surface area (Å²) in [5.74, 6) is 6.44. The summed E-state index contributed by atoms with van der Waals surface area (Å²) in [6.45, 7) is 4.58. The van der Waals surface area contributed by atoms with Crippen LogP contribution in [0, 0.1) is 0 Å². The Morgan fingerprint density at radius 2 is 2.11 bits per heavy atom. The Balaban J connectivity index is 1.80. The molecule has 0 aliphatic heterocycles. The highest BCUT2D eigenvalue weighted by Gasteiger charge is 2.19. The molecule has 1 aromatic carbocycles. The van der Waals surface area contributed by atoms with Gasteiger partial charge >= 0.3 is 0 Å². The van der Waals surface area contributed by atoms with E-state index in [1.54, 1.807) is 11.1 Å². The van der Waals surface area contributed by atoms with Crippen LogP contribution in [0.2, 0.25) is 0 Å². The van der Waals surface area contributed by atoms with Gasteiger partial charge in [-0.25, -0.2) is 5.84 Å². The van der Waals surface area contributed by atoms with E-state index < -0.39 is 0 Å². The molecule has 142 valence electrons. The van der Waals surface area contributed by atoms with Gasteiger partial charge in [-0.2, -0.15) is 0 Å². The van der Waals surface area contributed by atoms with Gasteiger partial charge in [0.2, 0.25) is 5.76 Å². The minimum atomic E-state index is -0.318. The highest BCUT2D eigenvalue weighted by atomic mass is 16.5. The Morgan fingerprint density at radius 1 is 1.33 bits per heavy atom. The number of nitrogens with zero attached hydrogens (tertiary/aromatic N) is 2. The lowest BCUT2D eigenvalue weighted by atomic mass is 10.1. The predicted octanol–water partition coefficient (Wildman–Crippen LogP) is 3.86. The van der Waals surface area contributed by atoms with Gasteiger partial charge in [-0.05, 0) is 36.8 Å². The van der Waals surface area contributed by atoms with Crippen LogP contribution in [-0.4, -0.2) is 16.1 Å². The van der Waals surface area contributed by atoms with Crippen molar-refractivity contribution in [1.82, 2.24) is 15.5 Å². The highest BCUT2D eigenvalue weighted by Crippen LogP contribution is 2.21. The number of carbonyl (C=O) groups is 1. The maximum absolute atomic E-state index is 12.6. The molecule has 0 bridgehead atoms. The average molecular weight is 366 g/mol. The molecule has 27 heavy (non-hydrogen) atoms. The lowest BCUT2D eigenvalue weighted by Gasteiger charge is -2.24. The van der Waals surface area contributed by atoms with Crippen LogP contribution in [0.25, 0.3) is 0 Å². The van der Waals surface area contributed by atoms with Crippen molar-refractivity contribution in [2.45, 2.75) is 45.6 Å². The number of nitrogens with two attached hydrogens (primary N) is 1. The number of nitrogens with one attached hydrogen (secondary N) is 1. The first-order valence-corrected chi connectivity index (χ1v) is 9.28. The normalized spacial score (nSPS) is 14.4. The number of aromatic nitrogens is 1. The molecule has 1 aromatic heterocycles. The van der Waals surface area contributed by atoms with E-state index in [4.69, 9.17) is 10.4 Å². The van der Waals surface area contributed by atoms with Gasteiger partial charge in [0, 0.05) is 6.07 Å². The maximum Gasteiger partial charge on any atom is 0.294 e. The minimum absolute atomic E-state index is 0.202. The molecule has 0 saturated carbocycles. The monoisotopic (exact) mass is 366 g/mol. The summed E-state index contributed by atoms with van der Waals surface area (Å²) in [4.78, 5) is 12.6. The van der Waals surface area contributed by atoms with Crippen LogP contribution in [0.5, 0.6) is 0 Å². The number of allylic oxidation sites excluding steroid dienone is 3. The fourth-order valence-corrected chi connectivity index (χ4v) is 2.96. The lowest BCUT2D eigenvalue weighted by molar-refractivity contribution is 0.0929. The number of hydrazine groups is 1. The molecule has 0 fully saturated rings. The molecule has 1 heterocycles. The van der Waals surface area contributed by atoms with Crippen LogP contribution >= 0.6 is 0 Å². The molecule has 0 saturated heterocycles. The number of carbonyl (C=O) groups excluding carboxylic acids is 1. The first-order valence-electron chi connectivity index (χ1n) is 9.28. The van der Waals surface area contributed by atoms with Crippen LogP contribution in [0.1, 0.15) is 60.8 Å². The van der Waals surface area contributed by atoms with E-state index in [1.807, 2.05) is 50.3 Å². The standard InChI is InChI=1S/C21H26N4O2/c1-15(2)18-13-20(27-24-18)21(26)23-17-11-7-4-8-12-19(17)25(22)14-16-9-5-3-6-10-16/h3,5-7,9-11,13,15H,4,8,12,14,22H2,1-2H3,(H,23,26). The smallest absolute Gasteiger partial charge is 0.294 e. The summed E-state index contributed by atoms with van der Waals surface area (Å²) in [5, 5.41) is 8.60.